The summed E-state index contributed by atoms with van der Waals surface area (Å²) in [6, 6.07) is 0.578. The van der Waals surface area contributed by atoms with Crippen LogP contribution in [0.25, 0.3) is 0 Å². The van der Waals surface area contributed by atoms with Gasteiger partial charge in [-0.15, -0.1) is 0 Å². The second-order valence-corrected chi connectivity index (χ2v) is 5.47. The Morgan fingerprint density at radius 2 is 2.07 bits per heavy atom. The highest BCUT2D eigenvalue weighted by Crippen LogP contribution is 2.42. The van der Waals surface area contributed by atoms with E-state index < -0.39 is 0 Å². The quantitative estimate of drug-likeness (QED) is 0.656. The van der Waals surface area contributed by atoms with Crippen LogP contribution in [0.3, 0.4) is 0 Å². The lowest BCUT2D eigenvalue weighted by Crippen LogP contribution is -2.46. The Bertz CT molecular complexity index is 175. The van der Waals surface area contributed by atoms with Crippen LogP contribution in [0.2, 0.25) is 0 Å². The van der Waals surface area contributed by atoms with Gasteiger partial charge in [0.25, 0.3) is 0 Å². The molecule has 0 unspecified atom stereocenters. The van der Waals surface area contributed by atoms with E-state index in [9.17, 15) is 0 Å². The van der Waals surface area contributed by atoms with Gasteiger partial charge >= 0.3 is 0 Å². The maximum Gasteiger partial charge on any atom is 0.0443 e. The van der Waals surface area contributed by atoms with Gasteiger partial charge in [-0.2, -0.15) is 12.6 Å². The van der Waals surface area contributed by atoms with Crippen molar-refractivity contribution >= 4 is 12.6 Å². The highest BCUT2D eigenvalue weighted by Gasteiger charge is 2.37. The molecule has 2 nitrogen and oxygen atoms in total. The number of aliphatic hydroxyl groups excluding tert-OH is 1. The normalized spacial score (nSPS) is 19.6. The fourth-order valence-electron chi connectivity index (χ4n) is 2.27. The van der Waals surface area contributed by atoms with Gasteiger partial charge in [0.15, 0.2) is 0 Å². The largest absolute Gasteiger partial charge is 0.396 e. The average Bonchev–Trinajstić information content (AvgIpc) is 2.15. The standard InChI is InChI=1S/C12H25NOS/c1-11(2)13(7-4-8-14)9-12(10-15)5-3-6-12/h11,14-15H,3-10H2,1-2H3. The SMILES string of the molecule is CC(C)N(CCCO)CC1(CS)CCC1. The van der Waals surface area contributed by atoms with Crippen LogP contribution in [0.1, 0.15) is 39.5 Å². The number of thiol groups is 1. The van der Waals surface area contributed by atoms with Crippen molar-refractivity contribution in [1.82, 2.24) is 4.90 Å². The molecule has 1 aliphatic carbocycles. The molecule has 1 saturated carbocycles. The summed E-state index contributed by atoms with van der Waals surface area (Å²) in [7, 11) is 0. The molecule has 1 rings (SSSR count). The first-order valence-electron chi connectivity index (χ1n) is 6.09. The van der Waals surface area contributed by atoms with Gasteiger partial charge in [0.1, 0.15) is 0 Å². The highest BCUT2D eigenvalue weighted by atomic mass is 32.1. The fourth-order valence-corrected chi connectivity index (χ4v) is 2.68. The summed E-state index contributed by atoms with van der Waals surface area (Å²) in [6.45, 7) is 6.96. The van der Waals surface area contributed by atoms with E-state index in [0.29, 0.717) is 18.1 Å². The Kier molecular flexibility index (Phi) is 5.44. The van der Waals surface area contributed by atoms with Crippen molar-refractivity contribution in [3.8, 4) is 0 Å². The van der Waals surface area contributed by atoms with E-state index in [0.717, 1.165) is 25.3 Å². The molecule has 0 bridgehead atoms. The first kappa shape index (κ1) is 13.3. The predicted octanol–water partition coefficient (Wildman–Crippen LogP) is 2.18. The molecule has 0 aliphatic heterocycles. The van der Waals surface area contributed by atoms with Crippen LogP contribution in [0, 0.1) is 5.41 Å². The topological polar surface area (TPSA) is 23.5 Å². The minimum absolute atomic E-state index is 0.303. The molecule has 0 spiro atoms. The molecule has 0 heterocycles. The smallest absolute Gasteiger partial charge is 0.0443 e. The third kappa shape index (κ3) is 3.65. The summed E-state index contributed by atoms with van der Waals surface area (Å²) in [5.41, 5.74) is 0.475. The van der Waals surface area contributed by atoms with Crippen LogP contribution in [0.5, 0.6) is 0 Å². The minimum Gasteiger partial charge on any atom is -0.396 e. The molecular formula is C12H25NOS. The van der Waals surface area contributed by atoms with Crippen molar-refractivity contribution < 1.29 is 5.11 Å². The van der Waals surface area contributed by atoms with Gasteiger partial charge in [-0.25, -0.2) is 0 Å². The molecule has 0 amide bonds. The second-order valence-electron chi connectivity index (χ2n) is 5.15. The predicted molar refractivity (Wildman–Crippen MR) is 68.5 cm³/mol. The van der Waals surface area contributed by atoms with Crippen LogP contribution in [0.15, 0.2) is 0 Å². The molecule has 0 saturated heterocycles. The van der Waals surface area contributed by atoms with E-state index in [1.54, 1.807) is 0 Å². The zero-order chi connectivity index (χ0) is 11.3. The molecule has 0 aromatic heterocycles. The molecule has 90 valence electrons. The maximum absolute atomic E-state index is 8.88. The third-order valence-electron chi connectivity index (χ3n) is 3.62. The molecule has 3 heteroatoms. The fraction of sp³-hybridized carbons (Fsp3) is 1.00. The Morgan fingerprint density at radius 1 is 1.40 bits per heavy atom. The van der Waals surface area contributed by atoms with Crippen molar-refractivity contribution in [3.63, 3.8) is 0 Å². The average molecular weight is 231 g/mol. The van der Waals surface area contributed by atoms with Crippen LogP contribution in [-0.4, -0.2) is 41.5 Å². The highest BCUT2D eigenvalue weighted by molar-refractivity contribution is 7.80. The van der Waals surface area contributed by atoms with Crippen molar-refractivity contribution in [2.45, 2.75) is 45.6 Å². The van der Waals surface area contributed by atoms with Crippen LogP contribution >= 0.6 is 12.6 Å². The Labute approximate surface area is 99.5 Å². The maximum atomic E-state index is 8.88. The van der Waals surface area contributed by atoms with Gasteiger partial charge < -0.3 is 10.0 Å². The van der Waals surface area contributed by atoms with E-state index in [1.807, 2.05) is 0 Å². The lowest BCUT2D eigenvalue weighted by atomic mass is 9.70. The van der Waals surface area contributed by atoms with E-state index in [2.05, 4.69) is 31.4 Å². The van der Waals surface area contributed by atoms with Crippen molar-refractivity contribution in [3.05, 3.63) is 0 Å². The second kappa shape index (κ2) is 6.12. The summed E-state index contributed by atoms with van der Waals surface area (Å²) < 4.78 is 0. The van der Waals surface area contributed by atoms with Gasteiger partial charge in [0.05, 0.1) is 0 Å². The molecule has 15 heavy (non-hydrogen) atoms. The van der Waals surface area contributed by atoms with Crippen molar-refractivity contribution in [2.75, 3.05) is 25.4 Å². The van der Waals surface area contributed by atoms with E-state index in [4.69, 9.17) is 5.11 Å². The third-order valence-corrected chi connectivity index (χ3v) is 4.29. The summed E-state index contributed by atoms with van der Waals surface area (Å²) in [5.74, 6) is 1.01. The van der Waals surface area contributed by atoms with Crippen LogP contribution in [0.4, 0.5) is 0 Å². The van der Waals surface area contributed by atoms with Gasteiger partial charge in [-0.3, -0.25) is 0 Å². The summed E-state index contributed by atoms with van der Waals surface area (Å²) in [6.07, 6.45) is 4.92. The lowest BCUT2D eigenvalue weighted by molar-refractivity contribution is 0.0682. The molecule has 1 N–H and O–H groups in total. The van der Waals surface area contributed by atoms with Crippen molar-refractivity contribution in [2.24, 2.45) is 5.41 Å². The summed E-state index contributed by atoms with van der Waals surface area (Å²) in [4.78, 5) is 2.49. The molecular weight excluding hydrogens is 206 g/mol. The number of rotatable bonds is 7. The Balaban J connectivity index is 2.42. The molecule has 1 aliphatic rings. The molecule has 0 aromatic rings. The number of hydrogen-bond donors (Lipinski definition) is 2. The molecule has 0 aromatic carbocycles. The molecule has 0 atom stereocenters. The summed E-state index contributed by atoms with van der Waals surface area (Å²) in [5, 5.41) is 8.88. The van der Waals surface area contributed by atoms with Gasteiger partial charge in [0, 0.05) is 25.7 Å². The monoisotopic (exact) mass is 231 g/mol. The van der Waals surface area contributed by atoms with Gasteiger partial charge in [-0.05, 0) is 44.3 Å². The van der Waals surface area contributed by atoms with Gasteiger partial charge in [0.2, 0.25) is 0 Å². The Morgan fingerprint density at radius 3 is 2.40 bits per heavy atom. The van der Waals surface area contributed by atoms with Gasteiger partial charge in [-0.1, -0.05) is 6.42 Å². The van der Waals surface area contributed by atoms with Crippen LogP contribution in [-0.2, 0) is 0 Å². The van der Waals surface area contributed by atoms with E-state index in [1.165, 1.54) is 19.3 Å². The first-order valence-corrected chi connectivity index (χ1v) is 6.72. The number of nitrogens with zero attached hydrogens (tertiary/aromatic N) is 1. The van der Waals surface area contributed by atoms with E-state index in [-0.39, 0.29) is 0 Å². The van der Waals surface area contributed by atoms with E-state index >= 15 is 0 Å². The lowest BCUT2D eigenvalue weighted by Gasteiger charge is -2.45. The van der Waals surface area contributed by atoms with Crippen LogP contribution < -0.4 is 0 Å². The Hall–Kier alpha value is 0.270. The minimum atomic E-state index is 0.303. The molecule has 0 radical (unpaired) electrons. The zero-order valence-corrected chi connectivity index (χ0v) is 11.0. The number of aliphatic hydroxyl groups is 1. The number of hydrogen-bond acceptors (Lipinski definition) is 3. The zero-order valence-electron chi connectivity index (χ0n) is 10.1. The summed E-state index contributed by atoms with van der Waals surface area (Å²) >= 11 is 4.49. The first-order chi connectivity index (χ1) is 7.13. The molecule has 1 fully saturated rings. The van der Waals surface area contributed by atoms with Crippen molar-refractivity contribution in [1.29, 1.82) is 0 Å².